The normalized spacial score (nSPS) is 17.3. The van der Waals surface area contributed by atoms with Crippen LogP contribution >= 0.6 is 0 Å². The number of nitrogens with zero attached hydrogens (tertiary/aromatic N) is 3. The number of rotatable bonds is 4. The zero-order valence-electron chi connectivity index (χ0n) is 13.3. The first-order valence-corrected chi connectivity index (χ1v) is 7.98. The van der Waals surface area contributed by atoms with E-state index >= 15 is 0 Å². The standard InChI is InChI=1S/C18H23N3O/c1-14(2)21(12-15-6-4-3-5-7-15)18(22)16-8-9-20-13-19-11-17(20)10-16/h3-7,11,13-14,16H,8-10,12H2,1-2H3. The maximum atomic E-state index is 13.0. The molecular weight excluding hydrogens is 274 g/mol. The Bertz CT molecular complexity index is 633. The molecule has 22 heavy (non-hydrogen) atoms. The summed E-state index contributed by atoms with van der Waals surface area (Å²) >= 11 is 0. The van der Waals surface area contributed by atoms with E-state index in [0.29, 0.717) is 6.54 Å². The number of imidazole rings is 1. The van der Waals surface area contributed by atoms with Gasteiger partial charge in [0.15, 0.2) is 0 Å². The average molecular weight is 297 g/mol. The Kier molecular flexibility index (Phi) is 4.27. The molecule has 1 unspecified atom stereocenters. The lowest BCUT2D eigenvalue weighted by molar-refractivity contribution is -0.138. The molecule has 0 fully saturated rings. The smallest absolute Gasteiger partial charge is 0.226 e. The van der Waals surface area contributed by atoms with E-state index in [4.69, 9.17) is 0 Å². The number of carbonyl (C=O) groups excluding carboxylic acids is 1. The van der Waals surface area contributed by atoms with Crippen LogP contribution in [0.15, 0.2) is 42.9 Å². The topological polar surface area (TPSA) is 38.1 Å². The number of aryl methyl sites for hydroxylation is 1. The maximum absolute atomic E-state index is 13.0. The van der Waals surface area contributed by atoms with Gasteiger partial charge in [-0.1, -0.05) is 30.3 Å². The second-order valence-corrected chi connectivity index (χ2v) is 6.31. The highest BCUT2D eigenvalue weighted by Gasteiger charge is 2.29. The Morgan fingerprint density at radius 1 is 1.36 bits per heavy atom. The molecule has 1 aliphatic rings. The Morgan fingerprint density at radius 3 is 2.86 bits per heavy atom. The summed E-state index contributed by atoms with van der Waals surface area (Å²) in [6.45, 7) is 5.76. The van der Waals surface area contributed by atoms with Crippen LogP contribution in [0.5, 0.6) is 0 Å². The Labute approximate surface area is 131 Å². The molecule has 1 aromatic carbocycles. The SMILES string of the molecule is CC(C)N(Cc1ccccc1)C(=O)C1CCn2cncc2C1. The molecule has 4 heteroatoms. The van der Waals surface area contributed by atoms with Crippen LogP contribution in [-0.2, 0) is 24.3 Å². The fraction of sp³-hybridized carbons (Fsp3) is 0.444. The molecule has 1 amide bonds. The molecule has 0 bridgehead atoms. The first kappa shape index (κ1) is 14.8. The molecule has 0 saturated heterocycles. The molecule has 0 saturated carbocycles. The lowest BCUT2D eigenvalue weighted by atomic mass is 9.94. The van der Waals surface area contributed by atoms with Crippen LogP contribution in [-0.4, -0.2) is 26.4 Å². The van der Waals surface area contributed by atoms with Gasteiger partial charge in [-0.05, 0) is 25.8 Å². The second-order valence-electron chi connectivity index (χ2n) is 6.31. The van der Waals surface area contributed by atoms with E-state index in [9.17, 15) is 4.79 Å². The Hall–Kier alpha value is -2.10. The monoisotopic (exact) mass is 297 g/mol. The van der Waals surface area contributed by atoms with E-state index in [2.05, 4.69) is 35.5 Å². The summed E-state index contributed by atoms with van der Waals surface area (Å²) in [4.78, 5) is 19.2. The van der Waals surface area contributed by atoms with Crippen LogP contribution in [0.25, 0.3) is 0 Å². The molecule has 1 atom stereocenters. The molecule has 3 rings (SSSR count). The van der Waals surface area contributed by atoms with Gasteiger partial charge in [0.2, 0.25) is 5.91 Å². The zero-order chi connectivity index (χ0) is 15.5. The van der Waals surface area contributed by atoms with Gasteiger partial charge in [0.05, 0.1) is 6.33 Å². The van der Waals surface area contributed by atoms with Crippen molar-refractivity contribution in [2.24, 2.45) is 5.92 Å². The van der Waals surface area contributed by atoms with Gasteiger partial charge in [-0.25, -0.2) is 4.98 Å². The number of carbonyl (C=O) groups is 1. The predicted molar refractivity (Wildman–Crippen MR) is 86.2 cm³/mol. The minimum atomic E-state index is 0.0790. The molecule has 1 aliphatic heterocycles. The molecule has 0 spiro atoms. The van der Waals surface area contributed by atoms with Crippen molar-refractivity contribution in [2.75, 3.05) is 0 Å². The third-order valence-corrected chi connectivity index (χ3v) is 4.42. The van der Waals surface area contributed by atoms with Gasteiger partial charge >= 0.3 is 0 Å². The quantitative estimate of drug-likeness (QED) is 0.870. The number of benzene rings is 1. The molecule has 0 aliphatic carbocycles. The minimum absolute atomic E-state index is 0.0790. The maximum Gasteiger partial charge on any atom is 0.226 e. The van der Waals surface area contributed by atoms with E-state index in [0.717, 1.165) is 19.4 Å². The summed E-state index contributed by atoms with van der Waals surface area (Å²) in [6, 6.07) is 10.4. The summed E-state index contributed by atoms with van der Waals surface area (Å²) in [6.07, 6.45) is 5.45. The fourth-order valence-electron chi connectivity index (χ4n) is 3.11. The van der Waals surface area contributed by atoms with E-state index in [1.807, 2.05) is 35.6 Å². The van der Waals surface area contributed by atoms with Gasteiger partial charge in [0, 0.05) is 43.4 Å². The molecule has 2 heterocycles. The van der Waals surface area contributed by atoms with E-state index in [1.165, 1.54) is 11.3 Å². The van der Waals surface area contributed by atoms with Gasteiger partial charge < -0.3 is 9.47 Å². The van der Waals surface area contributed by atoms with Gasteiger partial charge in [-0.2, -0.15) is 0 Å². The van der Waals surface area contributed by atoms with Crippen molar-refractivity contribution >= 4 is 5.91 Å². The highest BCUT2D eigenvalue weighted by atomic mass is 16.2. The third-order valence-electron chi connectivity index (χ3n) is 4.42. The van der Waals surface area contributed by atoms with Crippen LogP contribution in [0, 0.1) is 5.92 Å². The van der Waals surface area contributed by atoms with Crippen molar-refractivity contribution in [1.29, 1.82) is 0 Å². The molecule has 0 N–H and O–H groups in total. The largest absolute Gasteiger partial charge is 0.336 e. The van der Waals surface area contributed by atoms with Crippen molar-refractivity contribution in [2.45, 2.75) is 45.8 Å². The van der Waals surface area contributed by atoms with Crippen molar-refractivity contribution in [3.63, 3.8) is 0 Å². The highest BCUT2D eigenvalue weighted by Crippen LogP contribution is 2.23. The molecule has 4 nitrogen and oxygen atoms in total. The average Bonchev–Trinajstić information content (AvgIpc) is 3.00. The lowest BCUT2D eigenvalue weighted by Gasteiger charge is -2.32. The molecule has 116 valence electrons. The van der Waals surface area contributed by atoms with Crippen LogP contribution in [0.4, 0.5) is 0 Å². The number of amides is 1. The van der Waals surface area contributed by atoms with E-state index < -0.39 is 0 Å². The molecular formula is C18H23N3O. The van der Waals surface area contributed by atoms with Crippen molar-refractivity contribution in [3.8, 4) is 0 Å². The van der Waals surface area contributed by atoms with Gasteiger partial charge in [-0.3, -0.25) is 4.79 Å². The molecule has 0 radical (unpaired) electrons. The Morgan fingerprint density at radius 2 is 2.14 bits per heavy atom. The van der Waals surface area contributed by atoms with Crippen molar-refractivity contribution in [3.05, 3.63) is 54.1 Å². The minimum Gasteiger partial charge on any atom is -0.336 e. The second kappa shape index (κ2) is 6.34. The summed E-state index contributed by atoms with van der Waals surface area (Å²) in [7, 11) is 0. The summed E-state index contributed by atoms with van der Waals surface area (Å²) in [5.41, 5.74) is 2.36. The number of hydrogen-bond donors (Lipinski definition) is 0. The van der Waals surface area contributed by atoms with Crippen LogP contribution in [0.3, 0.4) is 0 Å². The zero-order valence-corrected chi connectivity index (χ0v) is 13.3. The lowest BCUT2D eigenvalue weighted by Crippen LogP contribution is -2.42. The van der Waals surface area contributed by atoms with Gasteiger partial charge in [-0.15, -0.1) is 0 Å². The van der Waals surface area contributed by atoms with E-state index in [-0.39, 0.29) is 17.9 Å². The first-order valence-electron chi connectivity index (χ1n) is 7.98. The molecule has 2 aromatic rings. The first-order chi connectivity index (χ1) is 10.6. The number of hydrogen-bond acceptors (Lipinski definition) is 2. The van der Waals surface area contributed by atoms with Crippen LogP contribution < -0.4 is 0 Å². The van der Waals surface area contributed by atoms with Crippen molar-refractivity contribution in [1.82, 2.24) is 14.5 Å². The van der Waals surface area contributed by atoms with Crippen molar-refractivity contribution < 1.29 is 4.79 Å². The van der Waals surface area contributed by atoms with Crippen LogP contribution in [0.2, 0.25) is 0 Å². The highest BCUT2D eigenvalue weighted by molar-refractivity contribution is 5.79. The summed E-state index contributed by atoms with van der Waals surface area (Å²) < 4.78 is 2.15. The molecule has 1 aromatic heterocycles. The van der Waals surface area contributed by atoms with Gasteiger partial charge in [0.1, 0.15) is 0 Å². The van der Waals surface area contributed by atoms with E-state index in [1.54, 1.807) is 0 Å². The number of fused-ring (bicyclic) bond motifs is 1. The van der Waals surface area contributed by atoms with Crippen LogP contribution in [0.1, 0.15) is 31.5 Å². The third kappa shape index (κ3) is 3.06. The number of aromatic nitrogens is 2. The summed E-state index contributed by atoms with van der Waals surface area (Å²) in [5.74, 6) is 0.349. The Balaban J connectivity index is 1.73. The fourth-order valence-corrected chi connectivity index (χ4v) is 3.11. The predicted octanol–water partition coefficient (Wildman–Crippen LogP) is 2.88. The van der Waals surface area contributed by atoms with Gasteiger partial charge in [0.25, 0.3) is 0 Å². The summed E-state index contributed by atoms with van der Waals surface area (Å²) in [5, 5.41) is 0.